The van der Waals surface area contributed by atoms with E-state index in [4.69, 9.17) is 11.6 Å². The van der Waals surface area contributed by atoms with Gasteiger partial charge in [0.15, 0.2) is 0 Å². The van der Waals surface area contributed by atoms with Crippen LogP contribution in [-0.4, -0.2) is 6.54 Å². The summed E-state index contributed by atoms with van der Waals surface area (Å²) in [6.45, 7) is 5.31. The Labute approximate surface area is 88.3 Å². The smallest absolute Gasteiger partial charge is 0.142 e. The summed E-state index contributed by atoms with van der Waals surface area (Å²) in [5.74, 6) is -0.339. The van der Waals surface area contributed by atoms with Gasteiger partial charge >= 0.3 is 0 Å². The zero-order chi connectivity index (χ0) is 10.3. The van der Waals surface area contributed by atoms with Crippen molar-refractivity contribution in [2.24, 2.45) is 5.41 Å². The van der Waals surface area contributed by atoms with E-state index >= 15 is 0 Å². The van der Waals surface area contributed by atoms with Gasteiger partial charge < -0.3 is 5.32 Å². The maximum Gasteiger partial charge on any atom is 0.142 e. The van der Waals surface area contributed by atoms with Gasteiger partial charge in [0, 0.05) is 12.6 Å². The Balaban J connectivity index is 2.30. The van der Waals surface area contributed by atoms with Gasteiger partial charge in [0.05, 0.1) is 5.02 Å². The molecule has 1 fully saturated rings. The van der Waals surface area contributed by atoms with Crippen LogP contribution >= 0.6 is 11.6 Å². The molecule has 0 bridgehead atoms. The second-order valence-corrected chi connectivity index (χ2v) is 4.88. The quantitative estimate of drug-likeness (QED) is 0.756. The minimum atomic E-state index is -0.339. The van der Waals surface area contributed by atoms with E-state index in [0.29, 0.717) is 0 Å². The second-order valence-electron chi connectivity index (χ2n) is 4.48. The molecule has 1 aromatic rings. The van der Waals surface area contributed by atoms with Gasteiger partial charge in [-0.1, -0.05) is 31.5 Å². The third-order valence-corrected chi connectivity index (χ3v) is 3.13. The number of rotatable bonds is 1. The van der Waals surface area contributed by atoms with Crippen LogP contribution in [0.25, 0.3) is 0 Å². The van der Waals surface area contributed by atoms with Crippen LogP contribution in [0, 0.1) is 11.2 Å². The first-order valence-corrected chi connectivity index (χ1v) is 5.07. The Bertz CT molecular complexity index is 362. The normalized spacial score (nSPS) is 24.4. The largest absolute Gasteiger partial charge is 0.309 e. The highest BCUT2D eigenvalue weighted by atomic mass is 35.5. The number of benzene rings is 1. The van der Waals surface area contributed by atoms with Crippen molar-refractivity contribution in [1.82, 2.24) is 5.32 Å². The van der Waals surface area contributed by atoms with E-state index in [1.807, 2.05) is 6.07 Å². The SMILES string of the molecule is CC1(C)CNC1c1ccc(Cl)c(F)c1. The molecule has 1 aliphatic heterocycles. The highest BCUT2D eigenvalue weighted by molar-refractivity contribution is 6.30. The fourth-order valence-corrected chi connectivity index (χ4v) is 1.99. The Kier molecular flexibility index (Phi) is 2.28. The molecule has 0 aliphatic carbocycles. The van der Waals surface area contributed by atoms with Crippen molar-refractivity contribution < 1.29 is 4.39 Å². The van der Waals surface area contributed by atoms with Gasteiger partial charge in [-0.3, -0.25) is 0 Å². The minimum Gasteiger partial charge on any atom is -0.309 e. The Morgan fingerprint density at radius 1 is 1.50 bits per heavy atom. The summed E-state index contributed by atoms with van der Waals surface area (Å²) in [6.07, 6.45) is 0. The van der Waals surface area contributed by atoms with Crippen molar-refractivity contribution in [2.75, 3.05) is 6.54 Å². The summed E-state index contributed by atoms with van der Waals surface area (Å²) in [4.78, 5) is 0. The fraction of sp³-hybridized carbons (Fsp3) is 0.455. The molecule has 1 atom stereocenters. The van der Waals surface area contributed by atoms with Gasteiger partial charge in [-0.15, -0.1) is 0 Å². The van der Waals surface area contributed by atoms with Crippen molar-refractivity contribution in [3.8, 4) is 0 Å². The van der Waals surface area contributed by atoms with Crippen molar-refractivity contribution in [3.05, 3.63) is 34.6 Å². The highest BCUT2D eigenvalue weighted by Crippen LogP contribution is 2.40. The Hall–Kier alpha value is -0.600. The van der Waals surface area contributed by atoms with Crippen molar-refractivity contribution in [1.29, 1.82) is 0 Å². The van der Waals surface area contributed by atoms with Gasteiger partial charge in [-0.25, -0.2) is 4.39 Å². The maximum atomic E-state index is 13.2. The van der Waals surface area contributed by atoms with Crippen LogP contribution in [0.2, 0.25) is 5.02 Å². The van der Waals surface area contributed by atoms with E-state index in [1.165, 1.54) is 6.07 Å². The molecule has 14 heavy (non-hydrogen) atoms. The fourth-order valence-electron chi connectivity index (χ4n) is 1.87. The lowest BCUT2D eigenvalue weighted by atomic mass is 9.74. The molecule has 1 aliphatic rings. The van der Waals surface area contributed by atoms with Gasteiger partial charge in [-0.2, -0.15) is 0 Å². The first kappa shape index (κ1) is 9.94. The highest BCUT2D eigenvalue weighted by Gasteiger charge is 2.39. The Morgan fingerprint density at radius 2 is 2.21 bits per heavy atom. The molecule has 1 nitrogen and oxygen atoms in total. The minimum absolute atomic E-state index is 0.186. The van der Waals surface area contributed by atoms with Gasteiger partial charge in [0.2, 0.25) is 0 Å². The average Bonchev–Trinajstić information content (AvgIpc) is 2.10. The first-order valence-electron chi connectivity index (χ1n) is 4.69. The molecule has 2 rings (SSSR count). The molecule has 1 unspecified atom stereocenters. The molecule has 0 saturated carbocycles. The van der Waals surface area contributed by atoms with Gasteiger partial charge in [0.1, 0.15) is 5.82 Å². The molecule has 0 spiro atoms. The van der Waals surface area contributed by atoms with Crippen LogP contribution in [0.4, 0.5) is 4.39 Å². The third kappa shape index (κ3) is 1.53. The molecular formula is C11H13ClFN. The van der Waals surface area contributed by atoms with E-state index < -0.39 is 0 Å². The maximum absolute atomic E-state index is 13.2. The van der Waals surface area contributed by atoms with E-state index in [0.717, 1.165) is 12.1 Å². The van der Waals surface area contributed by atoms with E-state index in [-0.39, 0.29) is 22.3 Å². The van der Waals surface area contributed by atoms with Crippen LogP contribution in [-0.2, 0) is 0 Å². The summed E-state index contributed by atoms with van der Waals surface area (Å²) < 4.78 is 13.2. The van der Waals surface area contributed by atoms with Crippen molar-refractivity contribution >= 4 is 11.6 Å². The lowest BCUT2D eigenvalue weighted by Gasteiger charge is -2.46. The monoisotopic (exact) mass is 213 g/mol. The molecule has 0 radical (unpaired) electrons. The molecule has 1 saturated heterocycles. The first-order chi connectivity index (χ1) is 6.50. The number of hydrogen-bond acceptors (Lipinski definition) is 1. The summed E-state index contributed by atoms with van der Waals surface area (Å²) in [5, 5.41) is 3.47. The van der Waals surface area contributed by atoms with Crippen LogP contribution in [0.3, 0.4) is 0 Å². The zero-order valence-electron chi connectivity index (χ0n) is 8.27. The van der Waals surface area contributed by atoms with Gasteiger partial charge in [-0.05, 0) is 23.1 Å². The molecule has 1 aromatic carbocycles. The van der Waals surface area contributed by atoms with Gasteiger partial charge in [0.25, 0.3) is 0 Å². The van der Waals surface area contributed by atoms with Crippen LogP contribution in [0.15, 0.2) is 18.2 Å². The lowest BCUT2D eigenvalue weighted by Crippen LogP contribution is -2.52. The van der Waals surface area contributed by atoms with E-state index in [9.17, 15) is 4.39 Å². The van der Waals surface area contributed by atoms with Crippen LogP contribution < -0.4 is 5.32 Å². The summed E-state index contributed by atoms with van der Waals surface area (Å²) in [5.41, 5.74) is 1.18. The second kappa shape index (κ2) is 3.21. The molecule has 1 N–H and O–H groups in total. The predicted octanol–water partition coefficient (Wildman–Crippen LogP) is 3.15. The predicted molar refractivity (Wildman–Crippen MR) is 55.9 cm³/mol. The van der Waals surface area contributed by atoms with Crippen molar-refractivity contribution in [3.63, 3.8) is 0 Å². The topological polar surface area (TPSA) is 12.0 Å². The van der Waals surface area contributed by atoms with Crippen LogP contribution in [0.1, 0.15) is 25.5 Å². The lowest BCUT2D eigenvalue weighted by molar-refractivity contribution is 0.128. The Morgan fingerprint density at radius 3 is 2.64 bits per heavy atom. The zero-order valence-corrected chi connectivity index (χ0v) is 9.03. The van der Waals surface area contributed by atoms with E-state index in [2.05, 4.69) is 19.2 Å². The molecule has 76 valence electrons. The number of hydrogen-bond donors (Lipinski definition) is 1. The number of halogens is 2. The molecule has 1 heterocycles. The standard InChI is InChI=1S/C11H13ClFN/c1-11(2)6-14-10(11)7-3-4-8(12)9(13)5-7/h3-5,10,14H,6H2,1-2H3. The number of nitrogens with one attached hydrogen (secondary N) is 1. The molecule has 0 amide bonds. The van der Waals surface area contributed by atoms with Crippen LogP contribution in [0.5, 0.6) is 0 Å². The third-order valence-electron chi connectivity index (χ3n) is 2.82. The van der Waals surface area contributed by atoms with Crippen molar-refractivity contribution in [2.45, 2.75) is 19.9 Å². The van der Waals surface area contributed by atoms with E-state index in [1.54, 1.807) is 6.07 Å². The summed E-state index contributed by atoms with van der Waals surface area (Å²) >= 11 is 5.62. The summed E-state index contributed by atoms with van der Waals surface area (Å²) in [6, 6.07) is 5.25. The molecular weight excluding hydrogens is 201 g/mol. The average molecular weight is 214 g/mol. The molecule has 3 heteroatoms. The molecule has 0 aromatic heterocycles. The summed E-state index contributed by atoms with van der Waals surface area (Å²) in [7, 11) is 0.